The second kappa shape index (κ2) is 9.32. The van der Waals surface area contributed by atoms with E-state index >= 15 is 0 Å². The van der Waals surface area contributed by atoms with Crippen molar-refractivity contribution in [2.75, 3.05) is 39.6 Å². The van der Waals surface area contributed by atoms with Gasteiger partial charge in [0.25, 0.3) is 0 Å². The molecule has 0 rings (SSSR count). The van der Waals surface area contributed by atoms with Crippen molar-refractivity contribution in [2.24, 2.45) is 0 Å². The molecule has 0 fully saturated rings. The fraction of sp³-hybridized carbons (Fsp3) is 1.00. The zero-order valence-electron chi connectivity index (χ0n) is 8.04. The van der Waals surface area contributed by atoms with Gasteiger partial charge in [0.15, 0.2) is 0 Å². The normalized spacial score (nSPS) is 13.2. The van der Waals surface area contributed by atoms with Gasteiger partial charge in [0, 0.05) is 14.2 Å². The molecular formula is C8H18O3S. The maximum absolute atomic E-state index is 5.29. The maximum atomic E-state index is 5.29. The Kier molecular flexibility index (Phi) is 9.50. The maximum Gasteiger partial charge on any atom is 0.0918 e. The van der Waals surface area contributed by atoms with Crippen LogP contribution >= 0.6 is 11.8 Å². The molecule has 0 spiro atoms. The third-order valence-electron chi connectivity index (χ3n) is 1.47. The summed E-state index contributed by atoms with van der Waals surface area (Å²) in [5.41, 5.74) is 0. The number of methoxy groups -OCH3 is 2. The lowest BCUT2D eigenvalue weighted by atomic mass is 10.3. The van der Waals surface area contributed by atoms with E-state index in [4.69, 9.17) is 14.2 Å². The summed E-state index contributed by atoms with van der Waals surface area (Å²) in [5, 5.41) is 0. The summed E-state index contributed by atoms with van der Waals surface area (Å²) in [6.45, 7) is 1.38. The van der Waals surface area contributed by atoms with E-state index in [0.717, 1.165) is 19.0 Å². The van der Waals surface area contributed by atoms with Crippen molar-refractivity contribution >= 4 is 11.8 Å². The summed E-state index contributed by atoms with van der Waals surface area (Å²) in [7, 11) is 3.37. The summed E-state index contributed by atoms with van der Waals surface area (Å²) < 4.78 is 15.4. The third-order valence-corrected chi connectivity index (χ3v) is 1.87. The van der Waals surface area contributed by atoms with Crippen LogP contribution < -0.4 is 0 Å². The van der Waals surface area contributed by atoms with Gasteiger partial charge in [-0.1, -0.05) is 0 Å². The second-order valence-corrected chi connectivity index (χ2v) is 3.23. The summed E-state index contributed by atoms with van der Waals surface area (Å²) in [5.74, 6) is 0.753. The summed E-state index contributed by atoms with van der Waals surface area (Å²) in [6, 6.07) is 0. The molecule has 0 saturated carbocycles. The lowest BCUT2D eigenvalue weighted by Crippen LogP contribution is -2.19. The van der Waals surface area contributed by atoms with E-state index in [9.17, 15) is 0 Å². The molecule has 1 unspecified atom stereocenters. The van der Waals surface area contributed by atoms with Gasteiger partial charge < -0.3 is 14.2 Å². The van der Waals surface area contributed by atoms with Crippen LogP contribution in [0.25, 0.3) is 0 Å². The van der Waals surface area contributed by atoms with E-state index in [2.05, 4.69) is 0 Å². The molecule has 4 heteroatoms. The molecule has 0 aliphatic carbocycles. The van der Waals surface area contributed by atoms with Crippen molar-refractivity contribution in [2.45, 2.75) is 12.5 Å². The number of hydrogen-bond donors (Lipinski definition) is 0. The van der Waals surface area contributed by atoms with Crippen molar-refractivity contribution in [3.63, 3.8) is 0 Å². The smallest absolute Gasteiger partial charge is 0.0918 e. The quantitative estimate of drug-likeness (QED) is 0.431. The van der Waals surface area contributed by atoms with Gasteiger partial charge in [-0.3, -0.25) is 0 Å². The minimum atomic E-state index is 0.164. The van der Waals surface area contributed by atoms with Crippen LogP contribution in [0.15, 0.2) is 0 Å². The second-order valence-electron chi connectivity index (χ2n) is 2.42. The first kappa shape index (κ1) is 12.2. The number of hydrogen-bond acceptors (Lipinski definition) is 4. The van der Waals surface area contributed by atoms with Gasteiger partial charge in [-0.05, 0) is 12.7 Å². The van der Waals surface area contributed by atoms with Crippen LogP contribution in [0, 0.1) is 0 Å². The Balaban J connectivity index is 3.19. The highest BCUT2D eigenvalue weighted by molar-refractivity contribution is 7.98. The Morgan fingerprint density at radius 1 is 1.33 bits per heavy atom. The van der Waals surface area contributed by atoms with Gasteiger partial charge in [0.2, 0.25) is 0 Å². The number of rotatable bonds is 8. The lowest BCUT2D eigenvalue weighted by Gasteiger charge is -2.13. The van der Waals surface area contributed by atoms with Crippen molar-refractivity contribution in [3.05, 3.63) is 0 Å². The molecule has 0 heterocycles. The number of ether oxygens (including phenoxy) is 3. The Hall–Kier alpha value is 0.230. The molecule has 0 N–H and O–H groups in total. The largest absolute Gasteiger partial charge is 0.382 e. The van der Waals surface area contributed by atoms with Crippen LogP contribution in [0.3, 0.4) is 0 Å². The zero-order chi connectivity index (χ0) is 9.23. The van der Waals surface area contributed by atoms with Gasteiger partial charge in [-0.15, -0.1) is 11.8 Å². The number of thioether (sulfide) groups is 1. The van der Waals surface area contributed by atoms with Gasteiger partial charge in [-0.2, -0.15) is 0 Å². The van der Waals surface area contributed by atoms with Gasteiger partial charge in [-0.25, -0.2) is 0 Å². The Bertz CT molecular complexity index is 90.4. The predicted octanol–water partition coefficient (Wildman–Crippen LogP) is 1.38. The molecule has 0 aliphatic heterocycles. The molecule has 0 aromatic carbocycles. The highest BCUT2D eigenvalue weighted by Gasteiger charge is 2.05. The molecule has 12 heavy (non-hydrogen) atoms. The van der Waals surface area contributed by atoms with Crippen LogP contribution in [0.1, 0.15) is 6.42 Å². The first-order valence-electron chi connectivity index (χ1n) is 3.93. The highest BCUT2D eigenvalue weighted by Crippen LogP contribution is 2.00. The molecule has 0 amide bonds. The van der Waals surface area contributed by atoms with E-state index in [1.54, 1.807) is 26.0 Å². The first-order chi connectivity index (χ1) is 5.85. The van der Waals surface area contributed by atoms with Gasteiger partial charge >= 0.3 is 0 Å². The van der Waals surface area contributed by atoms with Crippen LogP contribution in [-0.4, -0.2) is 45.7 Å². The molecule has 0 radical (unpaired) electrons. The monoisotopic (exact) mass is 194 g/mol. The molecule has 0 saturated heterocycles. The predicted molar refractivity (Wildman–Crippen MR) is 51.6 cm³/mol. The van der Waals surface area contributed by atoms with Crippen LogP contribution in [0.4, 0.5) is 0 Å². The van der Waals surface area contributed by atoms with E-state index < -0.39 is 0 Å². The van der Waals surface area contributed by atoms with Crippen LogP contribution in [-0.2, 0) is 14.2 Å². The molecule has 74 valence electrons. The lowest BCUT2D eigenvalue weighted by molar-refractivity contribution is 0.00811. The summed E-state index contributed by atoms with van der Waals surface area (Å²) >= 11 is 1.68. The average molecular weight is 194 g/mol. The third kappa shape index (κ3) is 6.91. The van der Waals surface area contributed by atoms with E-state index in [1.807, 2.05) is 6.26 Å². The topological polar surface area (TPSA) is 27.7 Å². The summed E-state index contributed by atoms with van der Waals surface area (Å²) in [6.07, 6.45) is 3.07. The van der Waals surface area contributed by atoms with Crippen molar-refractivity contribution in [1.29, 1.82) is 0 Å². The first-order valence-corrected chi connectivity index (χ1v) is 5.33. The molecule has 3 nitrogen and oxygen atoms in total. The minimum absolute atomic E-state index is 0.164. The van der Waals surface area contributed by atoms with E-state index in [-0.39, 0.29) is 6.10 Å². The van der Waals surface area contributed by atoms with E-state index in [1.165, 1.54) is 0 Å². The fourth-order valence-corrected chi connectivity index (χ4v) is 1.10. The Labute approximate surface area is 78.8 Å². The standard InChI is InChI=1S/C8H18O3S/c1-9-6-8(10-2)4-5-11-7-12-3/h8H,4-7H2,1-3H3. The van der Waals surface area contributed by atoms with Gasteiger partial charge in [0.05, 0.1) is 25.3 Å². The highest BCUT2D eigenvalue weighted by atomic mass is 32.2. The molecule has 0 aromatic rings. The molecular weight excluding hydrogens is 176 g/mol. The SMILES string of the molecule is COCC(CCOCSC)OC. The van der Waals surface area contributed by atoms with Crippen LogP contribution in [0.2, 0.25) is 0 Å². The average Bonchev–Trinajstić information content (AvgIpc) is 2.10. The Morgan fingerprint density at radius 2 is 2.08 bits per heavy atom. The van der Waals surface area contributed by atoms with Crippen LogP contribution in [0.5, 0.6) is 0 Å². The van der Waals surface area contributed by atoms with Crippen molar-refractivity contribution in [1.82, 2.24) is 0 Å². The fourth-order valence-electron chi connectivity index (χ4n) is 0.812. The van der Waals surface area contributed by atoms with Crippen molar-refractivity contribution in [3.8, 4) is 0 Å². The summed E-state index contributed by atoms with van der Waals surface area (Å²) in [4.78, 5) is 0. The van der Waals surface area contributed by atoms with E-state index in [0.29, 0.717) is 6.61 Å². The molecule has 1 atom stereocenters. The molecule has 0 aliphatic rings. The van der Waals surface area contributed by atoms with Crippen molar-refractivity contribution < 1.29 is 14.2 Å². The minimum Gasteiger partial charge on any atom is -0.382 e. The Morgan fingerprint density at radius 3 is 2.58 bits per heavy atom. The molecule has 0 aromatic heterocycles. The molecule has 0 bridgehead atoms. The zero-order valence-corrected chi connectivity index (χ0v) is 8.86. The van der Waals surface area contributed by atoms with Gasteiger partial charge in [0.1, 0.15) is 0 Å².